The first-order valence-corrected chi connectivity index (χ1v) is 4.21. The fourth-order valence-electron chi connectivity index (χ4n) is 0.937. The smallest absolute Gasteiger partial charge is 0.307 e. The van der Waals surface area contributed by atoms with Gasteiger partial charge in [0, 0.05) is 12.3 Å². The van der Waals surface area contributed by atoms with Crippen LogP contribution in [0.25, 0.3) is 0 Å². The number of rotatable bonds is 1. The molecule has 1 aromatic heterocycles. The molecule has 0 atom stereocenters. The van der Waals surface area contributed by atoms with Gasteiger partial charge in [0.05, 0.1) is 6.20 Å². The number of hydrogen-bond acceptors (Lipinski definition) is 4. The molecule has 0 aromatic carbocycles. The zero-order chi connectivity index (χ0) is 6.81. The molecule has 4 heteroatoms. The summed E-state index contributed by atoms with van der Waals surface area (Å²) < 4.78 is 7.19. The van der Waals surface area contributed by atoms with Crippen molar-refractivity contribution < 1.29 is 4.42 Å². The summed E-state index contributed by atoms with van der Waals surface area (Å²) in [7, 11) is 0. The van der Waals surface area contributed by atoms with Crippen LogP contribution in [0.1, 0.15) is 6.42 Å². The third-order valence-corrected chi connectivity index (χ3v) is 2.51. The molecule has 2 rings (SSSR count). The molecule has 3 nitrogen and oxygen atoms in total. The molecule has 0 spiro atoms. The first-order valence-electron chi connectivity index (χ1n) is 3.27. The van der Waals surface area contributed by atoms with E-state index in [0.717, 1.165) is 12.6 Å². The molecule has 0 aliphatic carbocycles. The molecule has 0 saturated carbocycles. The summed E-state index contributed by atoms with van der Waals surface area (Å²) in [5.74, 6) is 1.18. The van der Waals surface area contributed by atoms with E-state index in [1.54, 1.807) is 24.4 Å². The van der Waals surface area contributed by atoms with Crippen molar-refractivity contribution in [3.63, 3.8) is 0 Å². The van der Waals surface area contributed by atoms with Crippen molar-refractivity contribution in [3.05, 3.63) is 12.5 Å². The zero-order valence-corrected chi connectivity index (χ0v) is 6.30. The summed E-state index contributed by atoms with van der Waals surface area (Å²) in [4.78, 5) is 4.04. The molecular formula is C6H8N2OS. The van der Waals surface area contributed by atoms with Gasteiger partial charge in [-0.1, -0.05) is 0 Å². The van der Waals surface area contributed by atoms with Crippen LogP contribution in [0.2, 0.25) is 0 Å². The van der Waals surface area contributed by atoms with E-state index in [2.05, 4.69) is 9.29 Å². The third kappa shape index (κ3) is 0.988. The maximum absolute atomic E-state index is 5.11. The van der Waals surface area contributed by atoms with Gasteiger partial charge in [-0.15, -0.1) is 0 Å². The molecule has 1 aliphatic heterocycles. The Morgan fingerprint density at radius 1 is 1.70 bits per heavy atom. The highest BCUT2D eigenvalue weighted by atomic mass is 32.2. The van der Waals surface area contributed by atoms with Crippen molar-refractivity contribution in [2.45, 2.75) is 6.42 Å². The summed E-state index contributed by atoms with van der Waals surface area (Å²) in [5.41, 5.74) is 0. The lowest BCUT2D eigenvalue weighted by Crippen LogP contribution is -2.08. The van der Waals surface area contributed by atoms with E-state index in [1.165, 1.54) is 12.2 Å². The molecule has 0 radical (unpaired) electrons. The van der Waals surface area contributed by atoms with Crippen molar-refractivity contribution >= 4 is 18.0 Å². The Labute approximate surface area is 63.6 Å². The average Bonchev–Trinajstić information content (AvgIpc) is 2.59. The second-order valence-corrected chi connectivity index (χ2v) is 3.21. The van der Waals surface area contributed by atoms with Crippen molar-refractivity contribution in [2.75, 3.05) is 16.6 Å². The second kappa shape index (κ2) is 2.54. The van der Waals surface area contributed by atoms with Gasteiger partial charge in [0.25, 0.3) is 0 Å². The lowest BCUT2D eigenvalue weighted by molar-refractivity contribution is 0.562. The van der Waals surface area contributed by atoms with E-state index >= 15 is 0 Å². The molecule has 0 N–H and O–H groups in total. The lowest BCUT2D eigenvalue weighted by Gasteiger charge is -2.08. The van der Waals surface area contributed by atoms with Crippen LogP contribution in [0.15, 0.2) is 16.9 Å². The van der Waals surface area contributed by atoms with E-state index in [9.17, 15) is 0 Å². The number of nitrogens with zero attached hydrogens (tertiary/aromatic N) is 2. The minimum Gasteiger partial charge on any atom is -0.431 e. The predicted molar refractivity (Wildman–Crippen MR) is 40.9 cm³/mol. The molecule has 2 heterocycles. The van der Waals surface area contributed by atoms with Gasteiger partial charge >= 0.3 is 6.01 Å². The Morgan fingerprint density at radius 3 is 3.30 bits per heavy atom. The number of hydrogen-bond donors (Lipinski definition) is 0. The molecular weight excluding hydrogens is 148 g/mol. The van der Waals surface area contributed by atoms with Crippen LogP contribution >= 0.6 is 11.9 Å². The van der Waals surface area contributed by atoms with Gasteiger partial charge < -0.3 is 4.42 Å². The Balaban J connectivity index is 2.12. The van der Waals surface area contributed by atoms with E-state index in [4.69, 9.17) is 4.42 Å². The molecule has 10 heavy (non-hydrogen) atoms. The average molecular weight is 156 g/mol. The van der Waals surface area contributed by atoms with E-state index in [0.29, 0.717) is 0 Å². The van der Waals surface area contributed by atoms with Gasteiger partial charge in [0.1, 0.15) is 6.26 Å². The van der Waals surface area contributed by atoms with Gasteiger partial charge in [0.15, 0.2) is 0 Å². The third-order valence-electron chi connectivity index (χ3n) is 1.39. The summed E-state index contributed by atoms with van der Waals surface area (Å²) in [6, 6.07) is 0.738. The molecule has 1 saturated heterocycles. The quantitative estimate of drug-likeness (QED) is 0.577. The summed E-state index contributed by atoms with van der Waals surface area (Å²) in [6.07, 6.45) is 4.51. The van der Waals surface area contributed by atoms with Crippen LogP contribution in [0.4, 0.5) is 6.01 Å². The Hall–Kier alpha value is -0.640. The fraction of sp³-hybridized carbons (Fsp3) is 0.500. The van der Waals surface area contributed by atoms with Crippen LogP contribution in [-0.4, -0.2) is 17.3 Å². The molecule has 0 bridgehead atoms. The predicted octanol–water partition coefficient (Wildman–Crippen LogP) is 1.53. The lowest BCUT2D eigenvalue weighted by atomic mass is 10.5. The standard InChI is InChI=1S/C6H8N2OS/c1-3-8(10-5-1)6-7-2-4-9-6/h2,4H,1,3,5H2. The highest BCUT2D eigenvalue weighted by Crippen LogP contribution is 2.25. The van der Waals surface area contributed by atoms with Gasteiger partial charge in [-0.2, -0.15) is 0 Å². The van der Waals surface area contributed by atoms with Gasteiger partial charge in [-0.25, -0.2) is 4.98 Å². The molecule has 0 amide bonds. The Bertz CT molecular complexity index is 194. The first-order chi connectivity index (χ1) is 4.97. The minimum atomic E-state index is 0.738. The van der Waals surface area contributed by atoms with Crippen molar-refractivity contribution in [2.24, 2.45) is 0 Å². The number of anilines is 1. The minimum absolute atomic E-state index is 0.738. The van der Waals surface area contributed by atoms with E-state index in [-0.39, 0.29) is 0 Å². The van der Waals surface area contributed by atoms with Gasteiger partial charge in [0.2, 0.25) is 0 Å². The molecule has 54 valence electrons. The van der Waals surface area contributed by atoms with Crippen molar-refractivity contribution in [1.82, 2.24) is 4.98 Å². The molecule has 1 fully saturated rings. The maximum Gasteiger partial charge on any atom is 0.307 e. The topological polar surface area (TPSA) is 29.3 Å². The van der Waals surface area contributed by atoms with Crippen LogP contribution in [-0.2, 0) is 0 Å². The maximum atomic E-state index is 5.11. The summed E-state index contributed by atoms with van der Waals surface area (Å²) in [5, 5.41) is 0. The largest absolute Gasteiger partial charge is 0.431 e. The van der Waals surface area contributed by atoms with Crippen LogP contribution in [0.5, 0.6) is 0 Å². The fourth-order valence-corrected chi connectivity index (χ4v) is 1.87. The summed E-state index contributed by atoms with van der Waals surface area (Å²) >= 11 is 1.78. The zero-order valence-electron chi connectivity index (χ0n) is 5.49. The molecule has 0 unspecified atom stereocenters. The van der Waals surface area contributed by atoms with Crippen molar-refractivity contribution in [3.8, 4) is 0 Å². The Kier molecular flexibility index (Phi) is 1.55. The van der Waals surface area contributed by atoms with Crippen LogP contribution in [0.3, 0.4) is 0 Å². The SMILES string of the molecule is c1coc(N2CCCS2)n1. The first kappa shape index (κ1) is 6.09. The Morgan fingerprint density at radius 2 is 2.70 bits per heavy atom. The highest BCUT2D eigenvalue weighted by molar-refractivity contribution is 8.00. The van der Waals surface area contributed by atoms with Gasteiger partial charge in [-0.3, -0.25) is 4.31 Å². The van der Waals surface area contributed by atoms with Crippen LogP contribution in [0, 0.1) is 0 Å². The molecule has 1 aliphatic rings. The van der Waals surface area contributed by atoms with E-state index in [1.807, 2.05) is 0 Å². The van der Waals surface area contributed by atoms with Crippen molar-refractivity contribution in [1.29, 1.82) is 0 Å². The van der Waals surface area contributed by atoms with Crippen LogP contribution < -0.4 is 4.31 Å². The number of aromatic nitrogens is 1. The normalized spacial score (nSPS) is 18.2. The monoisotopic (exact) mass is 156 g/mol. The summed E-state index contributed by atoms with van der Waals surface area (Å²) in [6.45, 7) is 1.06. The number of oxazole rings is 1. The van der Waals surface area contributed by atoms with Gasteiger partial charge in [-0.05, 0) is 18.4 Å². The van der Waals surface area contributed by atoms with E-state index < -0.39 is 0 Å². The highest BCUT2D eigenvalue weighted by Gasteiger charge is 2.16. The second-order valence-electron chi connectivity index (χ2n) is 2.10. The molecule has 1 aromatic rings.